The van der Waals surface area contributed by atoms with Gasteiger partial charge in [0.05, 0.1) is 0 Å². The van der Waals surface area contributed by atoms with E-state index >= 15 is 0 Å². The fraction of sp³-hybridized carbons (Fsp3) is 0.517. The molecule has 0 saturated heterocycles. The Hall–Kier alpha value is -4.61. The van der Waals surface area contributed by atoms with Crippen LogP contribution in [-0.2, 0) is 6.54 Å². The molecule has 7 nitrogen and oxygen atoms in total. The molecule has 7 rings (SSSR count). The van der Waals surface area contributed by atoms with Crippen molar-refractivity contribution in [3.05, 3.63) is 83.0 Å². The van der Waals surface area contributed by atoms with Crippen LogP contribution in [0.3, 0.4) is 0 Å². The van der Waals surface area contributed by atoms with E-state index in [0.29, 0.717) is 39.1 Å². The number of hydrogen-bond donors (Lipinski definition) is 0. The van der Waals surface area contributed by atoms with Gasteiger partial charge in [-0.3, -0.25) is 19.2 Å². The van der Waals surface area contributed by atoms with E-state index in [1.807, 2.05) is 12.1 Å². The number of carbonyl (C=O) groups is 4. The lowest BCUT2D eigenvalue weighted by atomic mass is 9.86. The van der Waals surface area contributed by atoms with Crippen molar-refractivity contribution in [2.75, 3.05) is 0 Å². The first kappa shape index (κ1) is 50.3. The van der Waals surface area contributed by atoms with E-state index in [-0.39, 0.29) is 56.4 Å². The molecule has 0 atom stereocenters. The molecule has 5 aromatic rings. The Morgan fingerprint density at radius 2 is 0.866 bits per heavy atom. The van der Waals surface area contributed by atoms with E-state index in [1.54, 1.807) is 0 Å². The first-order chi connectivity index (χ1) is 31.8. The number of benzene rings is 4. The van der Waals surface area contributed by atoms with E-state index in [1.165, 1.54) is 69.2 Å². The van der Waals surface area contributed by atoms with Crippen LogP contribution in [0.1, 0.15) is 196 Å². The molecule has 0 bridgehead atoms. The molecule has 0 radical (unpaired) electrons. The summed E-state index contributed by atoms with van der Waals surface area (Å²) in [6, 6.07) is 12.2. The number of aromatic nitrogens is 1. The minimum Gasteiger partial charge on any atom is -0.542 e. The number of unbranched alkanes of at least 4 members (excludes halogenated alkanes) is 9. The van der Waals surface area contributed by atoms with Gasteiger partial charge in [-0.2, -0.15) is 0 Å². The van der Waals surface area contributed by atoms with Crippen molar-refractivity contribution in [2.45, 2.75) is 194 Å². The van der Waals surface area contributed by atoms with Crippen molar-refractivity contribution in [1.29, 1.82) is 0 Å². The number of aryl methyl sites for hydroxylation is 1. The molecule has 0 N–H and O–H groups in total. The molecule has 358 valence electrons. The summed E-state index contributed by atoms with van der Waals surface area (Å²) in [7, 11) is -5.13. The van der Waals surface area contributed by atoms with Crippen LogP contribution in [0.5, 0.6) is 11.5 Å². The molecule has 0 fully saturated rings. The van der Waals surface area contributed by atoms with Gasteiger partial charge in [0.1, 0.15) is 11.5 Å². The van der Waals surface area contributed by atoms with Crippen molar-refractivity contribution < 1.29 is 28.0 Å². The third-order valence-electron chi connectivity index (χ3n) is 15.8. The fourth-order valence-electron chi connectivity index (χ4n) is 12.8. The number of nitrogens with zero attached hydrogens (tertiary/aromatic N) is 1. The molecule has 9 heteroatoms. The lowest BCUT2D eigenvalue weighted by Crippen LogP contribution is -2.50. The lowest BCUT2D eigenvalue weighted by molar-refractivity contribution is 0.0995. The van der Waals surface area contributed by atoms with Gasteiger partial charge in [-0.15, -0.1) is 0 Å². The van der Waals surface area contributed by atoms with Crippen LogP contribution in [-0.4, -0.2) is 44.3 Å². The Labute approximate surface area is 402 Å². The highest BCUT2D eigenvalue weighted by molar-refractivity contribution is 6.79. The smallest absolute Gasteiger partial charge is 0.258 e. The highest BCUT2D eigenvalue weighted by atomic mass is 28.4. The molecule has 2 aliphatic carbocycles. The predicted octanol–water partition coefficient (Wildman–Crippen LogP) is 17.0. The molecule has 67 heavy (non-hydrogen) atoms. The SMILES string of the molecule is CCCCCCCCCCCCn1c2cc3c4c(cc(O[Si](C(C)C)(C(C)C)C(C)C)c3cc2c2c3c5c(cc(O[Si](C(C)C)(C(C)C)C(C)C)c3ccc21)C(=O)C=CC5=O)C(=O)C=CC4=O. The average Bonchev–Trinajstić information content (AvgIpc) is 3.58. The predicted molar refractivity (Wildman–Crippen MR) is 285 cm³/mol. The van der Waals surface area contributed by atoms with E-state index in [2.05, 4.69) is 119 Å². The van der Waals surface area contributed by atoms with Gasteiger partial charge in [0.15, 0.2) is 23.1 Å². The summed E-state index contributed by atoms with van der Waals surface area (Å²) in [5, 5.41) is 4.80. The van der Waals surface area contributed by atoms with Gasteiger partial charge in [-0.25, -0.2) is 0 Å². The molecule has 1 aromatic heterocycles. The number of fused-ring (bicyclic) bond motifs is 10. The molecule has 0 spiro atoms. The van der Waals surface area contributed by atoms with Gasteiger partial charge in [-0.05, 0) is 106 Å². The Morgan fingerprint density at radius 3 is 1.36 bits per heavy atom. The Morgan fingerprint density at radius 1 is 0.433 bits per heavy atom. The Kier molecular flexibility index (Phi) is 15.1. The quantitative estimate of drug-likeness (QED) is 0.0538. The van der Waals surface area contributed by atoms with Crippen LogP contribution >= 0.6 is 0 Å². The van der Waals surface area contributed by atoms with Gasteiger partial charge >= 0.3 is 0 Å². The monoisotopic (exact) mass is 940 g/mol. The van der Waals surface area contributed by atoms with Crippen LogP contribution in [0.4, 0.5) is 0 Å². The number of ketones is 4. The van der Waals surface area contributed by atoms with E-state index < -0.39 is 16.6 Å². The summed E-state index contributed by atoms with van der Waals surface area (Å²) >= 11 is 0. The van der Waals surface area contributed by atoms with Crippen molar-refractivity contribution in [3.63, 3.8) is 0 Å². The molecule has 0 aliphatic heterocycles. The van der Waals surface area contributed by atoms with Crippen molar-refractivity contribution in [2.24, 2.45) is 0 Å². The minimum atomic E-state index is -2.59. The van der Waals surface area contributed by atoms with Crippen LogP contribution in [0.25, 0.3) is 43.4 Å². The summed E-state index contributed by atoms with van der Waals surface area (Å²) < 4.78 is 17.4. The van der Waals surface area contributed by atoms with Crippen molar-refractivity contribution >= 4 is 83.1 Å². The van der Waals surface area contributed by atoms with Gasteiger partial charge in [0, 0.05) is 66.8 Å². The third-order valence-corrected chi connectivity index (χ3v) is 27.8. The Bertz CT molecular complexity index is 2760. The zero-order valence-electron chi connectivity index (χ0n) is 42.9. The van der Waals surface area contributed by atoms with Gasteiger partial charge in [-0.1, -0.05) is 148 Å². The highest BCUT2D eigenvalue weighted by Gasteiger charge is 2.49. The standard InChI is InChI=1S/C58H77NO6Si2/c1-14-15-16-17-18-19-20-21-22-23-30-59-47-25-24-41-53(64-66(35(2)3,36(4)5)37(6)7)34-46-50(61)27-29-52(63)57(46)58(41)56(47)44-31-42-43(32-48(44)59)55-45(49(60)26-28-51(55)62)33-54(42)65-67(38(8)9,39(10)11)40(12)13/h24-29,31-40H,14-23,30H2,1-13H3. The van der Waals surface area contributed by atoms with Crippen molar-refractivity contribution in [3.8, 4) is 11.5 Å². The van der Waals surface area contributed by atoms with Crippen LogP contribution < -0.4 is 8.85 Å². The second-order valence-electron chi connectivity index (χ2n) is 21.7. The van der Waals surface area contributed by atoms with Gasteiger partial charge < -0.3 is 13.4 Å². The molecular weight excluding hydrogens is 863 g/mol. The van der Waals surface area contributed by atoms with Crippen molar-refractivity contribution in [1.82, 2.24) is 4.57 Å². The number of hydrogen-bond acceptors (Lipinski definition) is 6. The molecule has 1 heterocycles. The normalized spacial score (nSPS) is 14.6. The number of allylic oxidation sites excluding steroid dienone is 4. The largest absolute Gasteiger partial charge is 0.542 e. The van der Waals surface area contributed by atoms with E-state index in [4.69, 9.17) is 8.85 Å². The summed E-state index contributed by atoms with van der Waals surface area (Å²) in [5.41, 5.74) is 5.02. The van der Waals surface area contributed by atoms with Crippen LogP contribution in [0, 0.1) is 0 Å². The van der Waals surface area contributed by atoms with E-state index in [9.17, 15) is 19.2 Å². The zero-order valence-corrected chi connectivity index (χ0v) is 44.9. The summed E-state index contributed by atoms with van der Waals surface area (Å²) in [5.74, 6) is 0.455. The number of rotatable bonds is 21. The lowest BCUT2D eigenvalue weighted by Gasteiger charge is -2.42. The first-order valence-corrected chi connectivity index (χ1v) is 30.1. The average molecular weight is 940 g/mol. The maximum atomic E-state index is 14.4. The zero-order chi connectivity index (χ0) is 48.7. The maximum absolute atomic E-state index is 14.4. The maximum Gasteiger partial charge on any atom is 0.258 e. The third kappa shape index (κ3) is 8.85. The summed E-state index contributed by atoms with van der Waals surface area (Å²) in [4.78, 5) is 56.3. The molecule has 4 aromatic carbocycles. The number of carbonyl (C=O) groups excluding carboxylic acids is 4. The van der Waals surface area contributed by atoms with Gasteiger partial charge in [0.2, 0.25) is 0 Å². The second-order valence-corrected chi connectivity index (χ2v) is 32.4. The topological polar surface area (TPSA) is 91.7 Å². The fourth-order valence-corrected chi connectivity index (χ4v) is 23.3. The summed E-state index contributed by atoms with van der Waals surface area (Å²) in [6.07, 6.45) is 17.7. The minimum absolute atomic E-state index is 0.201. The highest BCUT2D eigenvalue weighted by Crippen LogP contribution is 2.50. The molecule has 0 saturated carbocycles. The molecule has 0 amide bonds. The summed E-state index contributed by atoms with van der Waals surface area (Å²) in [6.45, 7) is 30.0. The van der Waals surface area contributed by atoms with Crippen LogP contribution in [0.15, 0.2) is 60.7 Å². The molecular formula is C58H77NO6Si2. The first-order valence-electron chi connectivity index (χ1n) is 25.8. The van der Waals surface area contributed by atoms with Gasteiger partial charge in [0.25, 0.3) is 16.6 Å². The molecule has 2 aliphatic rings. The van der Waals surface area contributed by atoms with Crippen LogP contribution in [0.2, 0.25) is 33.2 Å². The second kappa shape index (κ2) is 20.2. The molecule has 0 unspecified atom stereocenters. The Balaban J connectivity index is 1.56. The van der Waals surface area contributed by atoms with E-state index in [0.717, 1.165) is 63.8 Å².